The van der Waals surface area contributed by atoms with Crippen LogP contribution in [0.4, 0.5) is 0 Å². The van der Waals surface area contributed by atoms with Gasteiger partial charge in [-0.15, -0.1) is 0 Å². The van der Waals surface area contributed by atoms with Crippen LogP contribution in [0.1, 0.15) is 24.6 Å². The number of carbonyl (C=O) groups is 1. The maximum atomic E-state index is 13.4. The number of aliphatic hydroxyl groups is 1. The number of nitrogens with zero attached hydrogens (tertiary/aromatic N) is 2. The van der Waals surface area contributed by atoms with Gasteiger partial charge in [0.1, 0.15) is 11.8 Å². The smallest absolute Gasteiger partial charge is 0.323 e. The molecule has 7 heteroatoms. The summed E-state index contributed by atoms with van der Waals surface area (Å²) in [4.78, 5) is 28.3. The van der Waals surface area contributed by atoms with Crippen molar-refractivity contribution in [2.45, 2.75) is 31.5 Å². The highest BCUT2D eigenvalue weighted by Gasteiger charge is 2.56. The van der Waals surface area contributed by atoms with E-state index in [1.807, 2.05) is 41.0 Å². The number of hydrogen-bond donors (Lipinski definition) is 1. The van der Waals surface area contributed by atoms with E-state index in [1.54, 1.807) is 7.11 Å². The van der Waals surface area contributed by atoms with Gasteiger partial charge in [-0.1, -0.05) is 12.1 Å². The molecule has 0 bridgehead atoms. The highest BCUT2D eigenvalue weighted by molar-refractivity contribution is 5.77. The van der Waals surface area contributed by atoms with Crippen LogP contribution in [0.25, 0.3) is 11.1 Å². The lowest BCUT2D eigenvalue weighted by Crippen LogP contribution is -2.44. The van der Waals surface area contributed by atoms with Crippen molar-refractivity contribution >= 4 is 5.97 Å². The van der Waals surface area contributed by atoms with Crippen LogP contribution in [0, 0.1) is 17.8 Å². The van der Waals surface area contributed by atoms with Crippen LogP contribution in [0.3, 0.4) is 0 Å². The number of likely N-dealkylation sites (tertiary alicyclic amines) is 1. The SMILES string of the molecule is COC(=O)[C@H]1[C@H](CO)[C@H]2Cn3c(ccc(-c4cccc(OC)c4)c3=O)[C@H]2N1CC1CC1. The zero-order valence-corrected chi connectivity index (χ0v) is 17.9. The molecule has 0 amide bonds. The fourth-order valence-corrected chi connectivity index (χ4v) is 5.51. The van der Waals surface area contributed by atoms with Gasteiger partial charge in [0.2, 0.25) is 0 Å². The van der Waals surface area contributed by atoms with Crippen molar-refractivity contribution < 1.29 is 19.4 Å². The molecule has 1 aliphatic carbocycles. The zero-order valence-electron chi connectivity index (χ0n) is 17.9. The number of pyridine rings is 1. The molecule has 1 saturated carbocycles. The molecule has 1 saturated heterocycles. The summed E-state index contributed by atoms with van der Waals surface area (Å²) in [6.45, 7) is 1.19. The van der Waals surface area contributed by atoms with Gasteiger partial charge in [0, 0.05) is 42.8 Å². The van der Waals surface area contributed by atoms with Gasteiger partial charge in [-0.05, 0) is 48.6 Å². The average molecular weight is 424 g/mol. The van der Waals surface area contributed by atoms with Crippen molar-refractivity contribution in [3.63, 3.8) is 0 Å². The molecule has 0 radical (unpaired) electrons. The predicted octanol–water partition coefficient (Wildman–Crippen LogP) is 2.07. The third-order valence-electron chi connectivity index (χ3n) is 7.18. The molecule has 1 aromatic heterocycles. The van der Waals surface area contributed by atoms with Crippen LogP contribution < -0.4 is 10.3 Å². The Morgan fingerprint density at radius 2 is 2.00 bits per heavy atom. The lowest BCUT2D eigenvalue weighted by Gasteiger charge is -2.29. The molecule has 164 valence electrons. The summed E-state index contributed by atoms with van der Waals surface area (Å²) in [6, 6.07) is 10.9. The average Bonchev–Trinajstić information content (AvgIpc) is 3.45. The number of hydrogen-bond acceptors (Lipinski definition) is 6. The Bertz CT molecular complexity index is 1060. The number of carbonyl (C=O) groups excluding carboxylic acids is 1. The quantitative estimate of drug-likeness (QED) is 0.715. The summed E-state index contributed by atoms with van der Waals surface area (Å²) in [5.74, 6) is 0.728. The summed E-state index contributed by atoms with van der Waals surface area (Å²) in [7, 11) is 3.01. The summed E-state index contributed by atoms with van der Waals surface area (Å²) in [5, 5.41) is 10.2. The first-order valence-electron chi connectivity index (χ1n) is 10.9. The number of aliphatic hydroxyl groups excluding tert-OH is 1. The second-order valence-electron chi connectivity index (χ2n) is 8.88. The number of fused-ring (bicyclic) bond motifs is 3. The fourth-order valence-electron chi connectivity index (χ4n) is 5.51. The lowest BCUT2D eigenvalue weighted by atomic mass is 9.88. The van der Waals surface area contributed by atoms with Crippen LogP contribution in [0.15, 0.2) is 41.2 Å². The second-order valence-corrected chi connectivity index (χ2v) is 8.88. The fraction of sp³-hybridized carbons (Fsp3) is 0.500. The topological polar surface area (TPSA) is 81.0 Å². The number of benzene rings is 1. The van der Waals surface area contributed by atoms with Crippen molar-refractivity contribution in [3.8, 4) is 16.9 Å². The molecule has 1 N–H and O–H groups in total. The Labute approximate surface area is 181 Å². The standard InChI is InChI=1S/C24H28N2O5/c1-30-16-5-3-4-15(10-16)17-8-9-20-21-18(12-25(20)23(17)28)19(13-27)22(24(29)31-2)26(21)11-14-6-7-14/h3-5,8-10,14,18-19,21-22,27H,6-7,11-13H2,1-2H3/t18-,19-,21+,22-/m1/s1. The molecule has 2 fully saturated rings. The number of esters is 1. The highest BCUT2D eigenvalue weighted by atomic mass is 16.5. The van der Waals surface area contributed by atoms with E-state index in [4.69, 9.17) is 9.47 Å². The maximum Gasteiger partial charge on any atom is 0.323 e. The van der Waals surface area contributed by atoms with E-state index in [0.717, 1.165) is 30.6 Å². The lowest BCUT2D eigenvalue weighted by molar-refractivity contribution is -0.148. The van der Waals surface area contributed by atoms with Gasteiger partial charge in [0.25, 0.3) is 5.56 Å². The first-order valence-corrected chi connectivity index (χ1v) is 10.9. The van der Waals surface area contributed by atoms with Gasteiger partial charge in [0.15, 0.2) is 0 Å². The van der Waals surface area contributed by atoms with Crippen molar-refractivity contribution in [2.24, 2.45) is 17.8 Å². The Morgan fingerprint density at radius 3 is 2.68 bits per heavy atom. The number of aromatic nitrogens is 1. The van der Waals surface area contributed by atoms with Crippen LogP contribution >= 0.6 is 0 Å². The van der Waals surface area contributed by atoms with Crippen LogP contribution in [-0.2, 0) is 16.1 Å². The normalized spacial score (nSPS) is 27.1. The predicted molar refractivity (Wildman–Crippen MR) is 115 cm³/mol. The molecular weight excluding hydrogens is 396 g/mol. The number of ether oxygens (including phenoxy) is 2. The maximum absolute atomic E-state index is 13.4. The van der Waals surface area contributed by atoms with Crippen molar-refractivity contribution in [1.29, 1.82) is 0 Å². The van der Waals surface area contributed by atoms with Crippen LogP contribution in [0.2, 0.25) is 0 Å². The van der Waals surface area contributed by atoms with E-state index in [0.29, 0.717) is 23.8 Å². The first kappa shape index (κ1) is 20.3. The van der Waals surface area contributed by atoms with E-state index in [9.17, 15) is 14.7 Å². The van der Waals surface area contributed by atoms with Gasteiger partial charge in [-0.25, -0.2) is 0 Å². The largest absolute Gasteiger partial charge is 0.497 e. The number of rotatable bonds is 6. The molecule has 2 aliphatic heterocycles. The summed E-state index contributed by atoms with van der Waals surface area (Å²) in [6.07, 6.45) is 2.32. The Hall–Kier alpha value is -2.64. The van der Waals surface area contributed by atoms with Gasteiger partial charge in [-0.3, -0.25) is 14.5 Å². The number of methoxy groups -OCH3 is 2. The minimum atomic E-state index is -0.465. The van der Waals surface area contributed by atoms with E-state index in [-0.39, 0.29) is 36.0 Å². The summed E-state index contributed by atoms with van der Waals surface area (Å²) in [5.41, 5.74) is 2.32. The molecule has 3 aliphatic rings. The van der Waals surface area contributed by atoms with Crippen LogP contribution in [-0.4, -0.2) is 54.0 Å². The first-order chi connectivity index (χ1) is 15.1. The van der Waals surface area contributed by atoms with Crippen molar-refractivity contribution in [3.05, 3.63) is 52.4 Å². The monoisotopic (exact) mass is 424 g/mol. The van der Waals surface area contributed by atoms with Crippen LogP contribution in [0.5, 0.6) is 5.75 Å². The van der Waals surface area contributed by atoms with E-state index in [1.165, 1.54) is 7.11 Å². The molecule has 0 unspecified atom stereocenters. The van der Waals surface area contributed by atoms with Crippen molar-refractivity contribution in [2.75, 3.05) is 27.4 Å². The third-order valence-corrected chi connectivity index (χ3v) is 7.18. The Balaban J connectivity index is 1.57. The molecule has 3 heterocycles. The Kier molecular flexibility index (Phi) is 5.10. The van der Waals surface area contributed by atoms with E-state index >= 15 is 0 Å². The van der Waals surface area contributed by atoms with Gasteiger partial charge >= 0.3 is 5.97 Å². The zero-order chi connectivity index (χ0) is 21.7. The molecule has 0 spiro atoms. The summed E-state index contributed by atoms with van der Waals surface area (Å²) < 4.78 is 12.2. The minimum absolute atomic E-state index is 0.00103. The molecular formula is C24H28N2O5. The molecule has 7 nitrogen and oxygen atoms in total. The molecule has 1 aromatic carbocycles. The van der Waals surface area contributed by atoms with E-state index < -0.39 is 6.04 Å². The molecule has 2 aromatic rings. The third kappa shape index (κ3) is 3.27. The Morgan fingerprint density at radius 1 is 1.19 bits per heavy atom. The van der Waals surface area contributed by atoms with Gasteiger partial charge in [-0.2, -0.15) is 0 Å². The summed E-state index contributed by atoms with van der Waals surface area (Å²) >= 11 is 0. The van der Waals surface area contributed by atoms with Gasteiger partial charge < -0.3 is 19.1 Å². The van der Waals surface area contributed by atoms with E-state index in [2.05, 4.69) is 4.90 Å². The van der Waals surface area contributed by atoms with Crippen molar-refractivity contribution in [1.82, 2.24) is 9.47 Å². The highest BCUT2D eigenvalue weighted by Crippen LogP contribution is 2.51. The molecule has 31 heavy (non-hydrogen) atoms. The molecule has 5 rings (SSSR count). The van der Waals surface area contributed by atoms with Gasteiger partial charge in [0.05, 0.1) is 20.3 Å². The minimum Gasteiger partial charge on any atom is -0.497 e. The second kappa shape index (κ2) is 7.80. The molecule has 4 atom stereocenters.